The monoisotopic (exact) mass is 367 g/mol. The van der Waals surface area contributed by atoms with Crippen molar-refractivity contribution < 1.29 is 60.3 Å². The molecule has 0 aromatic carbocycles. The van der Waals surface area contributed by atoms with E-state index in [1.165, 1.54) is 0 Å². The first-order valence-electron chi connectivity index (χ1n) is 4.10. The molecule has 120 valence electrons. The normalized spacial score (nSPS) is 6.30. The molecule has 18 heteroatoms. The maximum atomic E-state index is 7.17. The fourth-order valence-corrected chi connectivity index (χ4v) is 0. The second-order valence-corrected chi connectivity index (χ2v) is 1.89. The van der Waals surface area contributed by atoms with Crippen molar-refractivity contribution >= 4 is 46.9 Å². The molecule has 0 heterocycles. The van der Waals surface area contributed by atoms with Crippen LogP contribution in [0.3, 0.4) is 0 Å². The van der Waals surface area contributed by atoms with Gasteiger partial charge in [0.2, 0.25) is 0 Å². The predicted molar refractivity (Wildman–Crippen MR) is 70.4 cm³/mol. The number of nitrogens with one attached hydrogen (secondary N) is 1. The zero-order chi connectivity index (χ0) is 17.0. The van der Waals surface area contributed by atoms with E-state index < -0.39 is 29.3 Å². The Balaban J connectivity index is -0.0000000304. The standard InChI is InChI=1S/C2H7N.4BH3O3.Ge/c1-3-2;4*2-1(3)4;/h3H,1-2H3;4*2-4H;. The van der Waals surface area contributed by atoms with Gasteiger partial charge in [-0.25, -0.2) is 0 Å². The van der Waals surface area contributed by atoms with Crippen molar-refractivity contribution in [2.24, 2.45) is 0 Å². The molecule has 4 radical (unpaired) electrons. The second-order valence-electron chi connectivity index (χ2n) is 1.89. The van der Waals surface area contributed by atoms with Crippen LogP contribution in [0.15, 0.2) is 0 Å². The number of hydrogen-bond acceptors (Lipinski definition) is 13. The molecular weight excluding hydrogens is 346 g/mol. The molecule has 0 rings (SSSR count). The summed E-state index contributed by atoms with van der Waals surface area (Å²) in [7, 11) is -4.92. The van der Waals surface area contributed by atoms with E-state index in [-0.39, 0.29) is 17.6 Å². The molecule has 0 saturated carbocycles. The van der Waals surface area contributed by atoms with Crippen LogP contribution in [-0.2, 0) is 0 Å². The summed E-state index contributed by atoms with van der Waals surface area (Å²) in [6.07, 6.45) is 0. The Morgan fingerprint density at radius 2 is 0.450 bits per heavy atom. The van der Waals surface area contributed by atoms with E-state index in [1.807, 2.05) is 14.1 Å². The van der Waals surface area contributed by atoms with Crippen molar-refractivity contribution in [1.29, 1.82) is 0 Å². The maximum Gasteiger partial charge on any atom is 0.631 e. The fraction of sp³-hybridized carbons (Fsp3) is 1.00. The van der Waals surface area contributed by atoms with Crippen LogP contribution in [-0.4, -0.2) is 121 Å². The molecule has 0 fully saturated rings. The Morgan fingerprint density at radius 1 is 0.450 bits per heavy atom. The van der Waals surface area contributed by atoms with Crippen molar-refractivity contribution in [3.8, 4) is 0 Å². The van der Waals surface area contributed by atoms with Gasteiger partial charge >= 0.3 is 29.3 Å². The Bertz CT molecular complexity index is 86.6. The molecule has 0 bridgehead atoms. The van der Waals surface area contributed by atoms with Gasteiger partial charge < -0.3 is 65.6 Å². The molecule has 13 nitrogen and oxygen atoms in total. The zero-order valence-electron chi connectivity index (χ0n) is 10.7. The van der Waals surface area contributed by atoms with Gasteiger partial charge in [-0.1, -0.05) is 0 Å². The molecule has 0 aliphatic heterocycles. The predicted octanol–water partition coefficient (Wildman–Crippen LogP) is -8.75. The van der Waals surface area contributed by atoms with Crippen LogP contribution in [0.5, 0.6) is 0 Å². The molecule has 0 aliphatic rings. The summed E-state index contributed by atoms with van der Waals surface area (Å²) in [6, 6.07) is 0. The van der Waals surface area contributed by atoms with Crippen LogP contribution >= 0.6 is 0 Å². The molecule has 0 aliphatic carbocycles. The minimum Gasteiger partial charge on any atom is -0.402 e. The summed E-state index contributed by atoms with van der Waals surface area (Å²) in [5.41, 5.74) is 0. The van der Waals surface area contributed by atoms with Crippen LogP contribution in [0, 0.1) is 0 Å². The van der Waals surface area contributed by atoms with Gasteiger partial charge in [0.15, 0.2) is 0 Å². The average molecular weight is 365 g/mol. The van der Waals surface area contributed by atoms with Crippen molar-refractivity contribution in [3.05, 3.63) is 0 Å². The second kappa shape index (κ2) is 36.5. The summed E-state index contributed by atoms with van der Waals surface area (Å²) in [6.45, 7) is 0. The molecule has 20 heavy (non-hydrogen) atoms. The van der Waals surface area contributed by atoms with Crippen molar-refractivity contribution in [2.75, 3.05) is 14.1 Å². The molecule has 0 aromatic heterocycles. The van der Waals surface area contributed by atoms with Crippen LogP contribution < -0.4 is 5.32 Å². The molecule has 0 amide bonds. The van der Waals surface area contributed by atoms with Gasteiger partial charge in [0.1, 0.15) is 0 Å². The Labute approximate surface area is 127 Å². The topological polar surface area (TPSA) is 255 Å². The summed E-state index contributed by atoms with van der Waals surface area (Å²) in [5.74, 6) is 0. The van der Waals surface area contributed by atoms with Gasteiger partial charge in [-0.15, -0.1) is 0 Å². The minimum atomic E-state index is -2.17. The first kappa shape index (κ1) is 37.0. The van der Waals surface area contributed by atoms with Gasteiger partial charge in [0, 0.05) is 17.6 Å². The Kier molecular flexibility index (Phi) is 67.5. The van der Waals surface area contributed by atoms with Crippen LogP contribution in [0.2, 0.25) is 0 Å². The van der Waals surface area contributed by atoms with Crippen LogP contribution in [0.1, 0.15) is 0 Å². The summed E-state index contributed by atoms with van der Waals surface area (Å²) >= 11 is 0. The molecule has 13 N–H and O–H groups in total. The molecule has 0 aromatic rings. The van der Waals surface area contributed by atoms with Crippen molar-refractivity contribution in [2.45, 2.75) is 0 Å². The largest absolute Gasteiger partial charge is 0.631 e. The smallest absolute Gasteiger partial charge is 0.402 e. The van der Waals surface area contributed by atoms with E-state index in [4.69, 9.17) is 60.3 Å². The van der Waals surface area contributed by atoms with E-state index >= 15 is 0 Å². The van der Waals surface area contributed by atoms with Gasteiger partial charge in [-0.05, 0) is 14.1 Å². The van der Waals surface area contributed by atoms with E-state index in [2.05, 4.69) is 5.32 Å². The summed E-state index contributed by atoms with van der Waals surface area (Å²) < 4.78 is 0. The molecular formula is C2H19B4GeNO12. The van der Waals surface area contributed by atoms with Gasteiger partial charge in [-0.2, -0.15) is 0 Å². The SMILES string of the molecule is CNC.OB(O)O.OB(O)O.OB(O)O.OB(O)O.[Ge]. The first-order chi connectivity index (χ1) is 8.34. The van der Waals surface area contributed by atoms with E-state index in [0.717, 1.165) is 0 Å². The third-order valence-corrected chi connectivity index (χ3v) is 0. The summed E-state index contributed by atoms with van der Waals surface area (Å²) in [5, 5.41) is 88.8. The fourth-order valence-electron chi connectivity index (χ4n) is 0. The van der Waals surface area contributed by atoms with Gasteiger partial charge in [0.05, 0.1) is 0 Å². The average Bonchev–Trinajstić information content (AvgIpc) is 1.97. The van der Waals surface area contributed by atoms with Gasteiger partial charge in [-0.3, -0.25) is 0 Å². The van der Waals surface area contributed by atoms with Gasteiger partial charge in [0.25, 0.3) is 0 Å². The third kappa shape index (κ3) is 68400. The summed E-state index contributed by atoms with van der Waals surface area (Å²) in [4.78, 5) is 0. The number of rotatable bonds is 0. The molecule has 0 atom stereocenters. The van der Waals surface area contributed by atoms with Crippen LogP contribution in [0.4, 0.5) is 0 Å². The van der Waals surface area contributed by atoms with Crippen molar-refractivity contribution in [3.63, 3.8) is 0 Å². The minimum absolute atomic E-state index is 0. The molecule has 0 spiro atoms. The molecule has 0 saturated heterocycles. The maximum absolute atomic E-state index is 7.17. The quantitative estimate of drug-likeness (QED) is 0.178. The Morgan fingerprint density at radius 3 is 0.450 bits per heavy atom. The molecule has 0 unspecified atom stereocenters. The van der Waals surface area contributed by atoms with E-state index in [0.29, 0.717) is 0 Å². The Hall–Kier alpha value is 0.283. The zero-order valence-corrected chi connectivity index (χ0v) is 12.8. The van der Waals surface area contributed by atoms with E-state index in [1.54, 1.807) is 0 Å². The number of hydrogen-bond donors (Lipinski definition) is 13. The first-order valence-corrected chi connectivity index (χ1v) is 4.10. The van der Waals surface area contributed by atoms with Crippen molar-refractivity contribution in [1.82, 2.24) is 5.32 Å². The van der Waals surface area contributed by atoms with E-state index in [9.17, 15) is 0 Å². The van der Waals surface area contributed by atoms with Crippen LogP contribution in [0.25, 0.3) is 0 Å². The third-order valence-electron chi connectivity index (χ3n) is 0.